The van der Waals surface area contributed by atoms with E-state index >= 15 is 0 Å². The number of carbonyl (C=O) groups is 1. The van der Waals surface area contributed by atoms with Gasteiger partial charge in [-0.1, -0.05) is 6.07 Å². The Morgan fingerprint density at radius 2 is 2.05 bits per heavy atom. The average molecular weight is 420 g/mol. The van der Waals surface area contributed by atoms with Crippen LogP contribution in [0.25, 0.3) is 0 Å². The zero-order chi connectivity index (χ0) is 14.5. The minimum Gasteiger partial charge on any atom is -0.453 e. The van der Waals surface area contributed by atoms with Gasteiger partial charge >= 0.3 is 6.09 Å². The molecule has 0 bridgehead atoms. The molecule has 0 aliphatic carbocycles. The zero-order valence-electron chi connectivity index (χ0n) is 10.6. The van der Waals surface area contributed by atoms with Gasteiger partial charge < -0.3 is 10.1 Å². The van der Waals surface area contributed by atoms with Gasteiger partial charge in [-0.2, -0.15) is 0 Å². The zero-order valence-corrected chi connectivity index (χ0v) is 14.6. The number of nitrogens with one attached hydrogen (secondary N) is 2. The molecule has 0 fully saturated rings. The standard InChI is InChI=1S/C13H12Br2N2O2S/c1-19-13(18)17-9-4-2-3-8(5-9)16-7-10-6-11(14)12(15)20-10/h2-6,16H,7H2,1H3,(H,17,18). The second-order valence-corrected chi connectivity index (χ2v) is 7.19. The summed E-state index contributed by atoms with van der Waals surface area (Å²) in [6.45, 7) is 0.719. The van der Waals surface area contributed by atoms with Crippen LogP contribution in [0.4, 0.5) is 16.2 Å². The Morgan fingerprint density at radius 3 is 2.70 bits per heavy atom. The number of rotatable bonds is 4. The molecule has 20 heavy (non-hydrogen) atoms. The molecular formula is C13H12Br2N2O2S. The Kier molecular flexibility index (Phi) is 5.45. The third-order valence-corrected chi connectivity index (χ3v) is 5.71. The summed E-state index contributed by atoms with van der Waals surface area (Å²) in [4.78, 5) is 12.4. The van der Waals surface area contributed by atoms with Crippen LogP contribution in [0.15, 0.2) is 38.6 Å². The molecule has 0 unspecified atom stereocenters. The van der Waals surface area contributed by atoms with Crippen LogP contribution in [0.2, 0.25) is 0 Å². The Hall–Kier alpha value is -1.05. The lowest BCUT2D eigenvalue weighted by atomic mass is 10.2. The predicted octanol–water partition coefficient (Wildman–Crippen LogP) is 5.06. The summed E-state index contributed by atoms with van der Waals surface area (Å²) < 4.78 is 6.70. The number of methoxy groups -OCH3 is 1. The van der Waals surface area contributed by atoms with Gasteiger partial charge in [-0.15, -0.1) is 11.3 Å². The first-order chi connectivity index (χ1) is 9.58. The maximum atomic E-state index is 11.1. The molecule has 106 valence electrons. The van der Waals surface area contributed by atoms with Crippen molar-refractivity contribution in [3.05, 3.63) is 43.5 Å². The smallest absolute Gasteiger partial charge is 0.411 e. The normalized spacial score (nSPS) is 10.2. The molecule has 0 saturated carbocycles. The van der Waals surface area contributed by atoms with Gasteiger partial charge in [0.15, 0.2) is 0 Å². The van der Waals surface area contributed by atoms with Crippen LogP contribution in [-0.2, 0) is 11.3 Å². The van der Waals surface area contributed by atoms with Gasteiger partial charge in [0.1, 0.15) is 0 Å². The Bertz CT molecular complexity index is 597. The number of carbonyl (C=O) groups excluding carboxylic acids is 1. The maximum absolute atomic E-state index is 11.1. The molecule has 1 aromatic heterocycles. The van der Waals surface area contributed by atoms with Crippen molar-refractivity contribution in [1.82, 2.24) is 0 Å². The molecule has 2 N–H and O–H groups in total. The first kappa shape index (κ1) is 15.3. The fourth-order valence-corrected chi connectivity index (χ4v) is 3.66. The van der Waals surface area contributed by atoms with Crippen molar-refractivity contribution < 1.29 is 9.53 Å². The molecule has 2 aromatic rings. The number of halogens is 2. The van der Waals surface area contributed by atoms with Crippen molar-refractivity contribution in [1.29, 1.82) is 0 Å². The first-order valence-corrected chi connectivity index (χ1v) is 8.11. The van der Waals surface area contributed by atoms with Crippen LogP contribution in [0.1, 0.15) is 4.88 Å². The summed E-state index contributed by atoms with van der Waals surface area (Å²) in [5.74, 6) is 0. The Labute approximate surface area is 137 Å². The van der Waals surface area contributed by atoms with Gasteiger partial charge in [0.05, 0.1) is 10.9 Å². The predicted molar refractivity (Wildman–Crippen MR) is 89.5 cm³/mol. The molecule has 1 heterocycles. The molecule has 4 nitrogen and oxygen atoms in total. The quantitative estimate of drug-likeness (QED) is 0.727. The summed E-state index contributed by atoms with van der Waals surface area (Å²) in [7, 11) is 1.34. The van der Waals surface area contributed by atoms with Crippen molar-refractivity contribution in [3.63, 3.8) is 0 Å². The summed E-state index contributed by atoms with van der Waals surface area (Å²) in [6.07, 6.45) is -0.478. The maximum Gasteiger partial charge on any atom is 0.411 e. The van der Waals surface area contributed by atoms with E-state index in [2.05, 4.69) is 53.3 Å². The van der Waals surface area contributed by atoms with E-state index in [9.17, 15) is 4.79 Å². The lowest BCUT2D eigenvalue weighted by molar-refractivity contribution is 0.187. The third kappa shape index (κ3) is 4.22. The van der Waals surface area contributed by atoms with E-state index in [4.69, 9.17) is 0 Å². The lowest BCUT2D eigenvalue weighted by Crippen LogP contribution is -2.11. The van der Waals surface area contributed by atoms with E-state index in [1.165, 1.54) is 12.0 Å². The highest BCUT2D eigenvalue weighted by atomic mass is 79.9. The van der Waals surface area contributed by atoms with Crippen LogP contribution >= 0.6 is 43.2 Å². The van der Waals surface area contributed by atoms with Crippen molar-refractivity contribution in [2.24, 2.45) is 0 Å². The topological polar surface area (TPSA) is 50.4 Å². The van der Waals surface area contributed by atoms with E-state index in [-0.39, 0.29) is 0 Å². The highest BCUT2D eigenvalue weighted by molar-refractivity contribution is 9.13. The second-order valence-electron chi connectivity index (χ2n) is 3.89. The SMILES string of the molecule is COC(=O)Nc1cccc(NCc2cc(Br)c(Br)s2)c1. The van der Waals surface area contributed by atoms with Gasteiger partial charge in [-0.25, -0.2) is 4.79 Å². The molecule has 0 atom stereocenters. The third-order valence-electron chi connectivity index (χ3n) is 2.46. The van der Waals surface area contributed by atoms with Gasteiger partial charge in [0.25, 0.3) is 0 Å². The van der Waals surface area contributed by atoms with Crippen LogP contribution in [0, 0.1) is 0 Å². The van der Waals surface area contributed by atoms with Gasteiger partial charge in [0.2, 0.25) is 0 Å². The highest BCUT2D eigenvalue weighted by Crippen LogP contribution is 2.32. The molecule has 0 radical (unpaired) electrons. The van der Waals surface area contributed by atoms with Crippen molar-refractivity contribution in [3.8, 4) is 0 Å². The monoisotopic (exact) mass is 418 g/mol. The molecule has 0 aliphatic heterocycles. The van der Waals surface area contributed by atoms with E-state index in [1.54, 1.807) is 17.4 Å². The number of benzene rings is 1. The lowest BCUT2D eigenvalue weighted by Gasteiger charge is -2.08. The van der Waals surface area contributed by atoms with Crippen LogP contribution in [0.3, 0.4) is 0 Å². The molecule has 1 amide bonds. The Morgan fingerprint density at radius 1 is 1.30 bits per heavy atom. The fraction of sp³-hybridized carbons (Fsp3) is 0.154. The molecule has 1 aromatic carbocycles. The minimum atomic E-state index is -0.478. The van der Waals surface area contributed by atoms with Gasteiger partial charge in [0, 0.05) is 27.3 Å². The number of thiophene rings is 1. The van der Waals surface area contributed by atoms with Crippen LogP contribution < -0.4 is 10.6 Å². The van der Waals surface area contributed by atoms with Crippen LogP contribution in [0.5, 0.6) is 0 Å². The Balaban J connectivity index is 1.99. The number of ether oxygens (including phenoxy) is 1. The summed E-state index contributed by atoms with van der Waals surface area (Å²) in [5, 5.41) is 5.94. The number of hydrogen-bond donors (Lipinski definition) is 2. The van der Waals surface area contributed by atoms with E-state index < -0.39 is 6.09 Å². The van der Waals surface area contributed by atoms with Crippen LogP contribution in [-0.4, -0.2) is 13.2 Å². The number of amides is 1. The van der Waals surface area contributed by atoms with Crippen molar-refractivity contribution in [2.75, 3.05) is 17.7 Å². The summed E-state index contributed by atoms with van der Waals surface area (Å²) in [6, 6.07) is 9.54. The first-order valence-electron chi connectivity index (χ1n) is 5.71. The molecule has 0 aliphatic rings. The summed E-state index contributed by atoms with van der Waals surface area (Å²) in [5.41, 5.74) is 1.62. The van der Waals surface area contributed by atoms with Gasteiger partial charge in [-0.3, -0.25) is 5.32 Å². The minimum absolute atomic E-state index is 0.478. The molecule has 0 saturated heterocycles. The summed E-state index contributed by atoms with van der Waals surface area (Å²) >= 11 is 8.60. The fourth-order valence-electron chi connectivity index (χ4n) is 1.54. The number of anilines is 2. The molecule has 7 heteroatoms. The largest absolute Gasteiger partial charge is 0.453 e. The molecule has 2 rings (SSSR count). The van der Waals surface area contributed by atoms with E-state index in [1.807, 2.05) is 18.2 Å². The highest BCUT2D eigenvalue weighted by Gasteiger charge is 2.05. The van der Waals surface area contributed by atoms with Crippen molar-refractivity contribution >= 4 is 60.7 Å². The van der Waals surface area contributed by atoms with E-state index in [0.717, 1.165) is 20.5 Å². The molecular weight excluding hydrogens is 408 g/mol. The van der Waals surface area contributed by atoms with Gasteiger partial charge in [-0.05, 0) is 56.1 Å². The average Bonchev–Trinajstić information content (AvgIpc) is 2.76. The number of hydrogen-bond acceptors (Lipinski definition) is 4. The molecule has 0 spiro atoms. The van der Waals surface area contributed by atoms with E-state index in [0.29, 0.717) is 5.69 Å². The van der Waals surface area contributed by atoms with Crippen molar-refractivity contribution in [2.45, 2.75) is 6.54 Å². The second kappa shape index (κ2) is 7.10.